The molecule has 1 saturated carbocycles. The molecule has 1 fully saturated rings. The minimum atomic E-state index is -0.169. The van der Waals surface area contributed by atoms with E-state index < -0.39 is 0 Å². The smallest absolute Gasteiger partial charge is 0.319 e. The summed E-state index contributed by atoms with van der Waals surface area (Å²) in [6.07, 6.45) is 0.952. The van der Waals surface area contributed by atoms with Crippen molar-refractivity contribution in [3.63, 3.8) is 0 Å². The summed E-state index contributed by atoms with van der Waals surface area (Å²) in [5.41, 5.74) is 3.06. The molecule has 0 radical (unpaired) electrons. The SMILES string of the molecule is CN(C)c1ccc(NC(=O)N[C@@H]2C[C@H]2c2cccc(Cl)c2)cc1. The van der Waals surface area contributed by atoms with Crippen LogP contribution in [0.3, 0.4) is 0 Å². The Morgan fingerprint density at radius 3 is 2.57 bits per heavy atom. The Balaban J connectivity index is 1.52. The van der Waals surface area contributed by atoms with Crippen LogP contribution in [-0.2, 0) is 0 Å². The predicted octanol–water partition coefficient (Wildman–Crippen LogP) is 4.08. The number of nitrogens with one attached hydrogen (secondary N) is 2. The van der Waals surface area contributed by atoms with E-state index in [-0.39, 0.29) is 12.1 Å². The maximum atomic E-state index is 12.1. The molecular formula is C18H20ClN3O. The fraction of sp³-hybridized carbons (Fsp3) is 0.278. The van der Waals surface area contributed by atoms with E-state index >= 15 is 0 Å². The standard InChI is InChI=1S/C18H20ClN3O/c1-22(2)15-8-6-14(7-9-15)20-18(23)21-17-11-16(17)12-4-3-5-13(19)10-12/h3-10,16-17H,11H2,1-2H3,(H2,20,21,23)/t16-,17+/m0/s1. The molecule has 0 bridgehead atoms. The van der Waals surface area contributed by atoms with Crippen molar-refractivity contribution in [3.05, 3.63) is 59.1 Å². The monoisotopic (exact) mass is 329 g/mol. The predicted molar refractivity (Wildman–Crippen MR) is 95.5 cm³/mol. The summed E-state index contributed by atoms with van der Waals surface area (Å²) >= 11 is 6.01. The average molecular weight is 330 g/mol. The summed E-state index contributed by atoms with van der Waals surface area (Å²) in [6, 6.07) is 15.6. The lowest BCUT2D eigenvalue weighted by molar-refractivity contribution is 0.251. The molecular weight excluding hydrogens is 310 g/mol. The molecule has 3 rings (SSSR count). The molecule has 0 aliphatic heterocycles. The first kappa shape index (κ1) is 15.7. The van der Waals surface area contributed by atoms with Gasteiger partial charge < -0.3 is 15.5 Å². The van der Waals surface area contributed by atoms with Crippen LogP contribution < -0.4 is 15.5 Å². The maximum Gasteiger partial charge on any atom is 0.319 e. The third-order valence-corrected chi connectivity index (χ3v) is 4.26. The van der Waals surface area contributed by atoms with Gasteiger partial charge in [-0.25, -0.2) is 4.79 Å². The van der Waals surface area contributed by atoms with Gasteiger partial charge in [-0.1, -0.05) is 23.7 Å². The van der Waals surface area contributed by atoms with Gasteiger partial charge in [0.2, 0.25) is 0 Å². The van der Waals surface area contributed by atoms with Gasteiger partial charge in [-0.15, -0.1) is 0 Å². The number of carbonyl (C=O) groups excluding carboxylic acids is 1. The Labute approximate surface area is 141 Å². The van der Waals surface area contributed by atoms with Crippen molar-refractivity contribution in [3.8, 4) is 0 Å². The molecule has 2 amide bonds. The summed E-state index contributed by atoms with van der Waals surface area (Å²) in [5, 5.41) is 6.61. The Morgan fingerprint density at radius 2 is 1.91 bits per heavy atom. The second-order valence-electron chi connectivity index (χ2n) is 6.04. The Kier molecular flexibility index (Phi) is 4.44. The van der Waals surface area contributed by atoms with Crippen LogP contribution in [-0.4, -0.2) is 26.2 Å². The van der Waals surface area contributed by atoms with Crippen molar-refractivity contribution in [2.24, 2.45) is 0 Å². The van der Waals surface area contributed by atoms with Crippen LogP contribution in [0.15, 0.2) is 48.5 Å². The number of hydrogen-bond donors (Lipinski definition) is 2. The van der Waals surface area contributed by atoms with E-state index in [4.69, 9.17) is 11.6 Å². The molecule has 23 heavy (non-hydrogen) atoms. The second kappa shape index (κ2) is 6.50. The number of urea groups is 1. The molecule has 120 valence electrons. The van der Waals surface area contributed by atoms with Gasteiger partial charge in [-0.2, -0.15) is 0 Å². The van der Waals surface area contributed by atoms with Crippen molar-refractivity contribution in [2.45, 2.75) is 18.4 Å². The summed E-state index contributed by atoms with van der Waals surface area (Å²) in [4.78, 5) is 14.1. The highest BCUT2D eigenvalue weighted by atomic mass is 35.5. The van der Waals surface area contributed by atoms with E-state index in [0.29, 0.717) is 5.92 Å². The Bertz CT molecular complexity index is 700. The zero-order valence-electron chi connectivity index (χ0n) is 13.2. The lowest BCUT2D eigenvalue weighted by Crippen LogP contribution is -2.31. The molecule has 0 heterocycles. The summed E-state index contributed by atoms with van der Waals surface area (Å²) < 4.78 is 0. The molecule has 2 aromatic rings. The summed E-state index contributed by atoms with van der Waals surface area (Å²) in [5.74, 6) is 0.357. The zero-order chi connectivity index (χ0) is 16.4. The number of halogens is 1. The third-order valence-electron chi connectivity index (χ3n) is 4.03. The molecule has 0 saturated heterocycles. The number of benzene rings is 2. The molecule has 2 aromatic carbocycles. The summed E-state index contributed by atoms with van der Waals surface area (Å²) in [7, 11) is 3.97. The number of rotatable bonds is 4. The van der Waals surface area contributed by atoms with E-state index in [1.165, 1.54) is 5.56 Å². The largest absolute Gasteiger partial charge is 0.378 e. The number of nitrogens with zero attached hydrogens (tertiary/aromatic N) is 1. The Hall–Kier alpha value is -2.20. The molecule has 0 spiro atoms. The third kappa shape index (κ3) is 3.96. The highest BCUT2D eigenvalue weighted by Gasteiger charge is 2.39. The van der Waals surface area contributed by atoms with Gasteiger partial charge in [-0.3, -0.25) is 0 Å². The minimum Gasteiger partial charge on any atom is -0.378 e. The van der Waals surface area contributed by atoms with Crippen LogP contribution in [0.2, 0.25) is 5.02 Å². The lowest BCUT2D eigenvalue weighted by atomic mass is 10.1. The van der Waals surface area contributed by atoms with Gasteiger partial charge in [0.25, 0.3) is 0 Å². The highest BCUT2D eigenvalue weighted by Crippen LogP contribution is 2.41. The molecule has 0 aromatic heterocycles. The van der Waals surface area contributed by atoms with Crippen LogP contribution >= 0.6 is 11.6 Å². The van der Waals surface area contributed by atoms with Crippen molar-refractivity contribution >= 4 is 29.0 Å². The van der Waals surface area contributed by atoms with Gasteiger partial charge in [-0.05, 0) is 48.4 Å². The van der Waals surface area contributed by atoms with E-state index in [1.807, 2.05) is 61.5 Å². The van der Waals surface area contributed by atoms with Crippen LogP contribution in [0.1, 0.15) is 17.9 Å². The second-order valence-corrected chi connectivity index (χ2v) is 6.48. The molecule has 2 atom stereocenters. The number of hydrogen-bond acceptors (Lipinski definition) is 2. The average Bonchev–Trinajstić information content (AvgIpc) is 3.26. The van der Waals surface area contributed by atoms with E-state index in [0.717, 1.165) is 22.8 Å². The van der Waals surface area contributed by atoms with Crippen LogP contribution in [0, 0.1) is 0 Å². The molecule has 1 aliphatic carbocycles. The van der Waals surface area contributed by atoms with Crippen LogP contribution in [0.5, 0.6) is 0 Å². The fourth-order valence-corrected chi connectivity index (χ4v) is 2.84. The van der Waals surface area contributed by atoms with Crippen molar-refractivity contribution < 1.29 is 4.79 Å². The maximum absolute atomic E-state index is 12.1. The van der Waals surface area contributed by atoms with E-state index in [9.17, 15) is 4.79 Å². The molecule has 4 nitrogen and oxygen atoms in total. The number of amides is 2. The van der Waals surface area contributed by atoms with Crippen molar-refractivity contribution in [1.29, 1.82) is 0 Å². The fourth-order valence-electron chi connectivity index (χ4n) is 2.64. The number of anilines is 2. The molecule has 1 aliphatic rings. The first-order chi connectivity index (χ1) is 11.0. The first-order valence-corrected chi connectivity index (χ1v) is 8.01. The minimum absolute atomic E-state index is 0.169. The van der Waals surface area contributed by atoms with Crippen molar-refractivity contribution in [1.82, 2.24) is 5.32 Å². The topological polar surface area (TPSA) is 44.4 Å². The van der Waals surface area contributed by atoms with Gasteiger partial charge >= 0.3 is 6.03 Å². The van der Waals surface area contributed by atoms with E-state index in [1.54, 1.807) is 0 Å². The highest BCUT2D eigenvalue weighted by molar-refractivity contribution is 6.30. The van der Waals surface area contributed by atoms with Gasteiger partial charge in [0.1, 0.15) is 0 Å². The number of carbonyl (C=O) groups is 1. The van der Waals surface area contributed by atoms with E-state index in [2.05, 4.69) is 16.7 Å². The normalized spacial score (nSPS) is 19.1. The lowest BCUT2D eigenvalue weighted by Gasteiger charge is -2.13. The molecule has 5 heteroatoms. The van der Waals surface area contributed by atoms with Crippen LogP contribution in [0.4, 0.5) is 16.2 Å². The van der Waals surface area contributed by atoms with Gasteiger partial charge in [0.15, 0.2) is 0 Å². The van der Waals surface area contributed by atoms with Gasteiger partial charge in [0.05, 0.1) is 0 Å². The van der Waals surface area contributed by atoms with Crippen LogP contribution in [0.25, 0.3) is 0 Å². The summed E-state index contributed by atoms with van der Waals surface area (Å²) in [6.45, 7) is 0. The Morgan fingerprint density at radius 1 is 1.17 bits per heavy atom. The quantitative estimate of drug-likeness (QED) is 0.887. The first-order valence-electron chi connectivity index (χ1n) is 7.63. The van der Waals surface area contributed by atoms with Gasteiger partial charge in [0, 0.05) is 42.5 Å². The molecule has 0 unspecified atom stereocenters. The van der Waals surface area contributed by atoms with Crippen molar-refractivity contribution in [2.75, 3.05) is 24.3 Å². The zero-order valence-corrected chi connectivity index (χ0v) is 14.0. The molecule has 2 N–H and O–H groups in total.